The van der Waals surface area contributed by atoms with Gasteiger partial charge in [0.15, 0.2) is 0 Å². The first-order chi connectivity index (χ1) is 17.0. The van der Waals surface area contributed by atoms with E-state index in [0.29, 0.717) is 23.5 Å². The molecule has 1 N–H and O–H groups in total. The number of Topliss-reactive ketones (excluding diaryl/α,β-unsaturated/α-hetero) is 1. The van der Waals surface area contributed by atoms with Crippen LogP contribution in [0.5, 0.6) is 0 Å². The molecule has 3 aliphatic heterocycles. The zero-order valence-electron chi connectivity index (χ0n) is 21.4. The number of carboxylic acid groups (broad SMARTS) is 1. The van der Waals surface area contributed by atoms with Crippen molar-refractivity contribution in [3.8, 4) is 0 Å². The number of carbonyl (C=O) groups is 3. The van der Waals surface area contributed by atoms with Crippen LogP contribution in [0.4, 0.5) is 0 Å². The van der Waals surface area contributed by atoms with Gasteiger partial charge in [-0.3, -0.25) is 14.4 Å². The number of carboxylic acids is 1. The molecule has 0 saturated carbocycles. The third-order valence-electron chi connectivity index (χ3n) is 6.59. The van der Waals surface area contributed by atoms with E-state index < -0.39 is 5.97 Å². The maximum absolute atomic E-state index is 12.4. The Morgan fingerprint density at radius 2 is 1.29 bits per heavy atom. The fourth-order valence-corrected chi connectivity index (χ4v) is 5.16. The van der Waals surface area contributed by atoms with Gasteiger partial charge in [0.05, 0.1) is 12.1 Å². The standard InChI is InChI=1S/C15H30O2S.C12H13N3O2/c1-2-3-4-5-6-7-8-9-10-11-13-18-14-12-15(16)17;16-9-7-8(13-1-2-13)12(17)11(15-5-6-15)10(9)14-3-4-14/h2-14H2,1H3,(H,16,17);7H,1-6H2. The summed E-state index contributed by atoms with van der Waals surface area (Å²) in [5, 5.41) is 8.48. The van der Waals surface area contributed by atoms with E-state index in [2.05, 4.69) is 6.92 Å². The first-order valence-electron chi connectivity index (χ1n) is 13.6. The molecule has 0 radical (unpaired) electrons. The molecule has 35 heavy (non-hydrogen) atoms. The van der Waals surface area contributed by atoms with Crippen LogP contribution >= 0.6 is 11.8 Å². The largest absolute Gasteiger partial charge is 0.481 e. The molecule has 0 amide bonds. The number of nitrogens with zero attached hydrogens (tertiary/aromatic N) is 3. The molecule has 196 valence electrons. The zero-order valence-corrected chi connectivity index (χ0v) is 22.3. The van der Waals surface area contributed by atoms with Crippen molar-refractivity contribution in [3.05, 3.63) is 23.2 Å². The van der Waals surface area contributed by atoms with Crippen LogP contribution in [0.1, 0.15) is 77.6 Å². The molecule has 3 fully saturated rings. The molecule has 7 nitrogen and oxygen atoms in total. The highest BCUT2D eigenvalue weighted by Gasteiger charge is 2.43. The lowest BCUT2D eigenvalue weighted by molar-refractivity contribution is -0.136. The van der Waals surface area contributed by atoms with E-state index in [0.717, 1.165) is 50.8 Å². The maximum atomic E-state index is 12.4. The number of thioether (sulfide) groups is 1. The molecule has 1 aliphatic carbocycles. The van der Waals surface area contributed by atoms with E-state index in [1.54, 1.807) is 11.8 Å². The molecule has 3 heterocycles. The third-order valence-corrected chi connectivity index (χ3v) is 7.66. The maximum Gasteiger partial charge on any atom is 0.304 e. The summed E-state index contributed by atoms with van der Waals surface area (Å²) in [7, 11) is 0. The molecule has 0 aromatic rings. The fourth-order valence-electron chi connectivity index (χ4n) is 4.23. The minimum absolute atomic E-state index is 0.00546. The van der Waals surface area contributed by atoms with E-state index in [1.807, 2.05) is 14.7 Å². The van der Waals surface area contributed by atoms with Crippen LogP contribution in [0.25, 0.3) is 0 Å². The molecule has 3 saturated heterocycles. The summed E-state index contributed by atoms with van der Waals surface area (Å²) in [5.74, 6) is 1.27. The van der Waals surface area contributed by atoms with Gasteiger partial charge in [-0.2, -0.15) is 11.8 Å². The topological polar surface area (TPSA) is 80.5 Å². The summed E-state index contributed by atoms with van der Waals surface area (Å²) in [5.41, 5.74) is 1.89. The minimum atomic E-state index is -0.675. The number of rotatable bonds is 17. The quantitative estimate of drug-likeness (QED) is 0.178. The molecule has 0 unspecified atom stereocenters. The Morgan fingerprint density at radius 1 is 0.771 bits per heavy atom. The fraction of sp³-hybridized carbons (Fsp3) is 0.741. The molecule has 4 rings (SSSR count). The SMILES string of the molecule is CCCCCCCCCCCCSCCC(=O)O.O=C1C=C(N2CC2)C(=O)C(N2CC2)=C1N1CC1. The number of carbonyl (C=O) groups excluding carboxylic acids is 2. The number of ketones is 2. The van der Waals surface area contributed by atoms with E-state index in [9.17, 15) is 14.4 Å². The summed E-state index contributed by atoms with van der Waals surface area (Å²) in [4.78, 5) is 40.8. The number of aliphatic carboxylic acids is 1. The van der Waals surface area contributed by atoms with Gasteiger partial charge in [0, 0.05) is 51.1 Å². The molecule has 0 spiro atoms. The van der Waals surface area contributed by atoms with Crippen LogP contribution < -0.4 is 0 Å². The van der Waals surface area contributed by atoms with Gasteiger partial charge in [0.2, 0.25) is 11.6 Å². The van der Waals surface area contributed by atoms with Crippen LogP contribution in [-0.2, 0) is 14.4 Å². The highest BCUT2D eigenvalue weighted by atomic mass is 32.2. The summed E-state index contributed by atoms with van der Waals surface area (Å²) < 4.78 is 0. The predicted octanol–water partition coefficient (Wildman–Crippen LogP) is 4.30. The van der Waals surface area contributed by atoms with Crippen LogP contribution in [0.2, 0.25) is 0 Å². The summed E-state index contributed by atoms with van der Waals surface area (Å²) in [6.07, 6.45) is 15.5. The van der Waals surface area contributed by atoms with Gasteiger partial charge in [-0.15, -0.1) is 0 Å². The highest BCUT2D eigenvalue weighted by molar-refractivity contribution is 7.99. The molecule has 0 aromatic heterocycles. The van der Waals surface area contributed by atoms with Gasteiger partial charge in [-0.1, -0.05) is 64.7 Å². The second kappa shape index (κ2) is 14.6. The summed E-state index contributed by atoms with van der Waals surface area (Å²) in [6.45, 7) is 7.66. The highest BCUT2D eigenvalue weighted by Crippen LogP contribution is 2.33. The van der Waals surface area contributed by atoms with Gasteiger partial charge >= 0.3 is 5.97 Å². The van der Waals surface area contributed by atoms with Crippen molar-refractivity contribution in [2.24, 2.45) is 0 Å². The van der Waals surface area contributed by atoms with Gasteiger partial charge in [0.25, 0.3) is 0 Å². The first kappa shape index (κ1) is 27.6. The zero-order chi connectivity index (χ0) is 25.0. The lowest BCUT2D eigenvalue weighted by atomic mass is 10.0. The Hall–Kier alpha value is -1.96. The van der Waals surface area contributed by atoms with Crippen molar-refractivity contribution in [1.29, 1.82) is 0 Å². The Labute approximate surface area is 215 Å². The molecular weight excluding hydrogens is 462 g/mol. The number of unbranched alkanes of at least 4 members (excludes halogenated alkanes) is 9. The van der Waals surface area contributed by atoms with E-state index >= 15 is 0 Å². The Bertz CT molecular complexity index is 798. The van der Waals surface area contributed by atoms with E-state index in [-0.39, 0.29) is 11.6 Å². The Kier molecular flexibility index (Phi) is 11.5. The molecule has 0 aromatic carbocycles. The molecule has 4 aliphatic rings. The number of hydrogen-bond donors (Lipinski definition) is 1. The van der Waals surface area contributed by atoms with Crippen LogP contribution in [0, 0.1) is 0 Å². The molecule has 8 heteroatoms. The van der Waals surface area contributed by atoms with Crippen molar-refractivity contribution in [1.82, 2.24) is 14.7 Å². The van der Waals surface area contributed by atoms with Crippen molar-refractivity contribution >= 4 is 29.3 Å². The van der Waals surface area contributed by atoms with E-state index in [4.69, 9.17) is 5.11 Å². The van der Waals surface area contributed by atoms with Crippen LogP contribution in [0.3, 0.4) is 0 Å². The number of allylic oxidation sites excluding steroid dienone is 1. The summed E-state index contributed by atoms with van der Waals surface area (Å²) in [6, 6.07) is 0. The average molecular weight is 506 g/mol. The molecular formula is C27H43N3O4S. The van der Waals surface area contributed by atoms with Crippen molar-refractivity contribution in [2.45, 2.75) is 77.6 Å². The van der Waals surface area contributed by atoms with Crippen molar-refractivity contribution in [2.75, 3.05) is 50.8 Å². The third kappa shape index (κ3) is 9.90. The monoisotopic (exact) mass is 505 g/mol. The minimum Gasteiger partial charge on any atom is -0.481 e. The van der Waals surface area contributed by atoms with Gasteiger partial charge in [-0.05, 0) is 12.2 Å². The lowest BCUT2D eigenvalue weighted by Gasteiger charge is -2.21. The van der Waals surface area contributed by atoms with Gasteiger partial charge in [-0.25, -0.2) is 0 Å². The van der Waals surface area contributed by atoms with Crippen LogP contribution in [0.15, 0.2) is 23.2 Å². The second-order valence-electron chi connectivity index (χ2n) is 9.82. The van der Waals surface area contributed by atoms with Crippen LogP contribution in [-0.4, -0.2) is 88.1 Å². The predicted molar refractivity (Wildman–Crippen MR) is 141 cm³/mol. The second-order valence-corrected chi connectivity index (χ2v) is 11.0. The van der Waals surface area contributed by atoms with Gasteiger partial charge in [0.1, 0.15) is 11.4 Å². The smallest absolute Gasteiger partial charge is 0.304 e. The van der Waals surface area contributed by atoms with E-state index in [1.165, 1.54) is 70.3 Å². The Balaban J connectivity index is 0.000000195. The average Bonchev–Trinajstić information content (AvgIpc) is 3.69. The normalized spacial score (nSPS) is 18.4. The lowest BCUT2D eigenvalue weighted by Crippen LogP contribution is -2.29. The Morgan fingerprint density at radius 3 is 1.80 bits per heavy atom. The van der Waals surface area contributed by atoms with Crippen molar-refractivity contribution < 1.29 is 19.5 Å². The molecule has 0 atom stereocenters. The van der Waals surface area contributed by atoms with Crippen molar-refractivity contribution in [3.63, 3.8) is 0 Å². The number of hydrogen-bond acceptors (Lipinski definition) is 7. The summed E-state index contributed by atoms with van der Waals surface area (Å²) >= 11 is 1.78. The van der Waals surface area contributed by atoms with Gasteiger partial charge < -0.3 is 19.8 Å². The molecule has 0 bridgehead atoms. The first-order valence-corrected chi connectivity index (χ1v) is 14.8.